The number of halogens is 1. The van der Waals surface area contributed by atoms with Gasteiger partial charge in [0.1, 0.15) is 5.15 Å². The topological polar surface area (TPSA) is 37.8 Å². The van der Waals surface area contributed by atoms with Crippen LogP contribution in [-0.2, 0) is 6.42 Å². The summed E-state index contributed by atoms with van der Waals surface area (Å²) in [5.41, 5.74) is 4.45. The molecule has 2 aromatic rings. The highest BCUT2D eigenvalue weighted by Crippen LogP contribution is 2.32. The van der Waals surface area contributed by atoms with Gasteiger partial charge in [-0.25, -0.2) is 4.98 Å². The van der Waals surface area contributed by atoms with Gasteiger partial charge in [0.25, 0.3) is 0 Å². The molecule has 0 aliphatic heterocycles. The van der Waals surface area contributed by atoms with E-state index in [1.54, 1.807) is 0 Å². The Kier molecular flexibility index (Phi) is 2.92. The second-order valence-electron chi connectivity index (χ2n) is 4.55. The quantitative estimate of drug-likeness (QED) is 0.839. The predicted molar refractivity (Wildman–Crippen MR) is 72.9 cm³/mol. The van der Waals surface area contributed by atoms with Crippen molar-refractivity contribution in [2.45, 2.75) is 25.8 Å². The van der Waals surface area contributed by atoms with E-state index in [0.29, 0.717) is 5.15 Å². The summed E-state index contributed by atoms with van der Waals surface area (Å²) in [7, 11) is 0. The van der Waals surface area contributed by atoms with Crippen LogP contribution in [0.15, 0.2) is 30.5 Å². The molecule has 2 aromatic heterocycles. The Balaban J connectivity index is 1.86. The minimum absolute atomic E-state index is 0.280. The van der Waals surface area contributed by atoms with Crippen molar-refractivity contribution in [2.24, 2.45) is 0 Å². The molecule has 18 heavy (non-hydrogen) atoms. The standard InChI is InChI=1S/C14H14ClN3/c1-9-11(6-7-13(15)17-9)18-12-5-4-10-3-2-8-16-14(10)12/h2-3,6-8,12,18H,4-5H2,1H3. The largest absolute Gasteiger partial charge is 0.375 e. The van der Waals surface area contributed by atoms with Crippen LogP contribution in [-0.4, -0.2) is 9.97 Å². The maximum atomic E-state index is 5.86. The Morgan fingerprint density at radius 3 is 3.06 bits per heavy atom. The normalized spacial score (nSPS) is 17.6. The summed E-state index contributed by atoms with van der Waals surface area (Å²) in [6, 6.07) is 8.22. The number of hydrogen-bond donors (Lipinski definition) is 1. The molecule has 0 amide bonds. The van der Waals surface area contributed by atoms with Gasteiger partial charge in [-0.2, -0.15) is 0 Å². The summed E-state index contributed by atoms with van der Waals surface area (Å²) in [6.07, 6.45) is 4.02. The minimum Gasteiger partial charge on any atom is -0.375 e. The van der Waals surface area contributed by atoms with Crippen molar-refractivity contribution in [1.29, 1.82) is 0 Å². The Bertz CT molecular complexity index is 583. The fraction of sp³-hybridized carbons (Fsp3) is 0.286. The number of aryl methyl sites for hydroxylation is 2. The van der Waals surface area contributed by atoms with Crippen LogP contribution < -0.4 is 5.32 Å². The summed E-state index contributed by atoms with van der Waals surface area (Å²) in [6.45, 7) is 1.96. The Morgan fingerprint density at radius 1 is 1.33 bits per heavy atom. The van der Waals surface area contributed by atoms with E-state index in [1.807, 2.05) is 31.3 Å². The van der Waals surface area contributed by atoms with Crippen LogP contribution in [0, 0.1) is 6.92 Å². The Hall–Kier alpha value is -1.61. The Morgan fingerprint density at radius 2 is 2.22 bits per heavy atom. The van der Waals surface area contributed by atoms with E-state index in [4.69, 9.17) is 11.6 Å². The zero-order chi connectivity index (χ0) is 12.5. The van der Waals surface area contributed by atoms with Gasteiger partial charge >= 0.3 is 0 Å². The highest BCUT2D eigenvalue weighted by molar-refractivity contribution is 6.29. The SMILES string of the molecule is Cc1nc(Cl)ccc1NC1CCc2cccnc21. The molecule has 1 aliphatic carbocycles. The highest BCUT2D eigenvalue weighted by atomic mass is 35.5. The van der Waals surface area contributed by atoms with Crippen molar-refractivity contribution in [3.63, 3.8) is 0 Å². The third-order valence-electron chi connectivity index (χ3n) is 3.34. The molecule has 0 saturated heterocycles. The number of pyridine rings is 2. The van der Waals surface area contributed by atoms with Crippen LogP contribution in [0.5, 0.6) is 0 Å². The third-order valence-corrected chi connectivity index (χ3v) is 3.55. The molecule has 92 valence electrons. The van der Waals surface area contributed by atoms with Gasteiger partial charge in [-0.1, -0.05) is 17.7 Å². The van der Waals surface area contributed by atoms with Crippen molar-refractivity contribution in [1.82, 2.24) is 9.97 Å². The maximum absolute atomic E-state index is 5.86. The van der Waals surface area contributed by atoms with E-state index in [-0.39, 0.29) is 6.04 Å². The lowest BCUT2D eigenvalue weighted by Gasteiger charge is -2.16. The van der Waals surface area contributed by atoms with E-state index < -0.39 is 0 Å². The number of nitrogens with one attached hydrogen (secondary N) is 1. The molecule has 0 fully saturated rings. The first-order valence-corrected chi connectivity index (χ1v) is 6.45. The zero-order valence-electron chi connectivity index (χ0n) is 10.2. The van der Waals surface area contributed by atoms with Gasteiger partial charge in [-0.05, 0) is 43.5 Å². The molecule has 1 N–H and O–H groups in total. The smallest absolute Gasteiger partial charge is 0.129 e. The lowest BCUT2D eigenvalue weighted by molar-refractivity contribution is 0.744. The van der Waals surface area contributed by atoms with E-state index in [9.17, 15) is 0 Å². The zero-order valence-corrected chi connectivity index (χ0v) is 10.9. The van der Waals surface area contributed by atoms with Gasteiger partial charge in [0.2, 0.25) is 0 Å². The number of anilines is 1. The number of nitrogens with zero attached hydrogens (tertiary/aromatic N) is 2. The summed E-state index contributed by atoms with van der Waals surface area (Å²) < 4.78 is 0. The first-order chi connectivity index (χ1) is 8.74. The van der Waals surface area contributed by atoms with E-state index in [1.165, 1.54) is 5.56 Å². The van der Waals surface area contributed by atoms with Crippen LogP contribution in [0.1, 0.15) is 29.4 Å². The third kappa shape index (κ3) is 2.06. The van der Waals surface area contributed by atoms with Gasteiger partial charge in [0.05, 0.1) is 23.1 Å². The van der Waals surface area contributed by atoms with Crippen LogP contribution in [0.4, 0.5) is 5.69 Å². The summed E-state index contributed by atoms with van der Waals surface area (Å²) in [4.78, 5) is 8.73. The second kappa shape index (κ2) is 4.58. The lowest BCUT2D eigenvalue weighted by Crippen LogP contribution is -2.10. The van der Waals surface area contributed by atoms with Gasteiger partial charge in [-0.3, -0.25) is 4.98 Å². The van der Waals surface area contributed by atoms with Gasteiger partial charge in [-0.15, -0.1) is 0 Å². The van der Waals surface area contributed by atoms with Crippen molar-refractivity contribution in [3.8, 4) is 0 Å². The van der Waals surface area contributed by atoms with Crippen molar-refractivity contribution in [3.05, 3.63) is 52.6 Å². The molecule has 2 heterocycles. The van der Waals surface area contributed by atoms with Gasteiger partial charge in [0.15, 0.2) is 0 Å². The molecule has 0 aromatic carbocycles. The minimum atomic E-state index is 0.280. The fourth-order valence-electron chi connectivity index (χ4n) is 2.42. The van der Waals surface area contributed by atoms with Crippen molar-refractivity contribution < 1.29 is 0 Å². The monoisotopic (exact) mass is 259 g/mol. The fourth-order valence-corrected chi connectivity index (χ4v) is 2.61. The molecule has 0 spiro atoms. The molecular weight excluding hydrogens is 246 g/mol. The van der Waals surface area contributed by atoms with Crippen LogP contribution in [0.2, 0.25) is 5.15 Å². The van der Waals surface area contributed by atoms with Crippen molar-refractivity contribution >= 4 is 17.3 Å². The molecule has 3 rings (SSSR count). The highest BCUT2D eigenvalue weighted by Gasteiger charge is 2.23. The lowest BCUT2D eigenvalue weighted by atomic mass is 10.2. The van der Waals surface area contributed by atoms with E-state index >= 15 is 0 Å². The average molecular weight is 260 g/mol. The van der Waals surface area contributed by atoms with E-state index in [2.05, 4.69) is 21.4 Å². The molecule has 0 radical (unpaired) electrons. The first-order valence-electron chi connectivity index (χ1n) is 6.07. The van der Waals surface area contributed by atoms with E-state index in [0.717, 1.165) is 29.9 Å². The molecule has 4 heteroatoms. The number of hydrogen-bond acceptors (Lipinski definition) is 3. The molecule has 1 atom stereocenters. The van der Waals surface area contributed by atoms with Crippen LogP contribution >= 0.6 is 11.6 Å². The first kappa shape index (κ1) is 11.5. The molecule has 3 nitrogen and oxygen atoms in total. The second-order valence-corrected chi connectivity index (χ2v) is 4.94. The maximum Gasteiger partial charge on any atom is 0.129 e. The van der Waals surface area contributed by atoms with Gasteiger partial charge in [0, 0.05) is 6.20 Å². The average Bonchev–Trinajstić information content (AvgIpc) is 2.76. The molecular formula is C14H14ClN3. The predicted octanol–water partition coefficient (Wildman–Crippen LogP) is 3.54. The number of rotatable bonds is 2. The summed E-state index contributed by atoms with van der Waals surface area (Å²) in [5.74, 6) is 0. The summed E-state index contributed by atoms with van der Waals surface area (Å²) >= 11 is 5.86. The number of fused-ring (bicyclic) bond motifs is 1. The molecule has 0 saturated carbocycles. The Labute approximate surface area is 111 Å². The molecule has 1 aliphatic rings. The molecule has 1 unspecified atom stereocenters. The number of aromatic nitrogens is 2. The van der Waals surface area contributed by atoms with Crippen molar-refractivity contribution in [2.75, 3.05) is 5.32 Å². The summed E-state index contributed by atoms with van der Waals surface area (Å²) in [5, 5.41) is 4.04. The van der Waals surface area contributed by atoms with Gasteiger partial charge < -0.3 is 5.32 Å². The van der Waals surface area contributed by atoms with Crippen LogP contribution in [0.25, 0.3) is 0 Å². The molecule has 0 bridgehead atoms. The van der Waals surface area contributed by atoms with Crippen LogP contribution in [0.3, 0.4) is 0 Å².